The first kappa shape index (κ1) is 21.6. The van der Waals surface area contributed by atoms with Gasteiger partial charge in [-0.3, -0.25) is 4.79 Å². The van der Waals surface area contributed by atoms with E-state index in [0.29, 0.717) is 11.7 Å². The molecule has 0 bridgehead atoms. The molecule has 0 aliphatic carbocycles. The van der Waals surface area contributed by atoms with Crippen LogP contribution in [0.25, 0.3) is 0 Å². The molecular weight excluding hydrogens is 378 g/mol. The minimum atomic E-state index is -3.78. The molecule has 150 valence electrons. The van der Waals surface area contributed by atoms with Crippen molar-refractivity contribution in [3.8, 4) is 5.75 Å². The van der Waals surface area contributed by atoms with Crippen LogP contribution in [0.5, 0.6) is 5.75 Å². The van der Waals surface area contributed by atoms with Crippen molar-refractivity contribution in [1.82, 2.24) is 9.73 Å². The first-order valence-corrected chi connectivity index (χ1v) is 10.2. The van der Waals surface area contributed by atoms with Crippen LogP contribution in [0.1, 0.15) is 30.9 Å². The summed E-state index contributed by atoms with van der Waals surface area (Å²) in [5, 5.41) is 3.88. The van der Waals surface area contributed by atoms with Gasteiger partial charge in [0.15, 0.2) is 0 Å². The van der Waals surface area contributed by atoms with E-state index in [1.54, 1.807) is 12.1 Å². The summed E-state index contributed by atoms with van der Waals surface area (Å²) < 4.78 is 31.0. The Morgan fingerprint density at radius 1 is 1.14 bits per heavy atom. The maximum atomic E-state index is 12.5. The number of ether oxygens (including phenoxy) is 1. The van der Waals surface area contributed by atoms with Crippen molar-refractivity contribution in [1.29, 1.82) is 0 Å². The monoisotopic (exact) mass is 403 g/mol. The fourth-order valence-electron chi connectivity index (χ4n) is 2.40. The van der Waals surface area contributed by atoms with Crippen molar-refractivity contribution in [3.63, 3.8) is 0 Å². The fraction of sp³-hybridized carbons (Fsp3) is 0.300. The second-order valence-electron chi connectivity index (χ2n) is 6.55. The van der Waals surface area contributed by atoms with E-state index in [0.717, 1.165) is 9.87 Å². The molecule has 28 heavy (non-hydrogen) atoms. The Morgan fingerprint density at radius 2 is 1.75 bits per heavy atom. The number of hydrogen-bond acceptors (Lipinski definition) is 5. The highest BCUT2D eigenvalue weighted by atomic mass is 32.2. The third-order valence-corrected chi connectivity index (χ3v) is 5.96. The first-order chi connectivity index (χ1) is 13.2. The summed E-state index contributed by atoms with van der Waals surface area (Å²) in [5.74, 6) is 0.457. The van der Waals surface area contributed by atoms with Gasteiger partial charge >= 0.3 is 0 Å². The highest BCUT2D eigenvalue weighted by Crippen LogP contribution is 2.18. The average Bonchev–Trinajstić information content (AvgIpc) is 2.68. The van der Waals surface area contributed by atoms with E-state index in [-0.39, 0.29) is 11.4 Å². The third kappa shape index (κ3) is 5.64. The summed E-state index contributed by atoms with van der Waals surface area (Å²) in [6, 6.07) is 13.8. The number of hydrogen-bond donors (Lipinski definition) is 1. The van der Waals surface area contributed by atoms with Crippen molar-refractivity contribution in [3.05, 3.63) is 59.7 Å². The lowest BCUT2D eigenvalue weighted by Crippen LogP contribution is -2.36. The maximum absolute atomic E-state index is 12.5. The highest BCUT2D eigenvalue weighted by molar-refractivity contribution is 7.89. The van der Waals surface area contributed by atoms with Crippen molar-refractivity contribution in [2.24, 2.45) is 5.10 Å². The summed E-state index contributed by atoms with van der Waals surface area (Å²) in [4.78, 5) is 12.1. The van der Waals surface area contributed by atoms with Crippen LogP contribution < -0.4 is 10.2 Å². The van der Waals surface area contributed by atoms with Crippen LogP contribution in [0.2, 0.25) is 0 Å². The number of carbonyl (C=O) groups is 1. The molecule has 0 heterocycles. The predicted molar refractivity (Wildman–Crippen MR) is 109 cm³/mol. The van der Waals surface area contributed by atoms with Gasteiger partial charge in [-0.25, -0.2) is 13.8 Å². The van der Waals surface area contributed by atoms with E-state index in [1.165, 1.54) is 38.1 Å². The van der Waals surface area contributed by atoms with E-state index < -0.39 is 15.9 Å². The van der Waals surface area contributed by atoms with Crippen LogP contribution in [0.4, 0.5) is 0 Å². The van der Waals surface area contributed by atoms with Crippen LogP contribution in [0.3, 0.4) is 0 Å². The third-order valence-electron chi connectivity index (χ3n) is 4.14. The smallest absolute Gasteiger partial charge is 0.255 e. The van der Waals surface area contributed by atoms with Crippen LogP contribution >= 0.6 is 0 Å². The molecule has 8 heteroatoms. The minimum absolute atomic E-state index is 0.0809. The van der Waals surface area contributed by atoms with Crippen molar-refractivity contribution < 1.29 is 17.9 Å². The van der Waals surface area contributed by atoms with Crippen molar-refractivity contribution in [2.45, 2.75) is 24.7 Å². The summed E-state index contributed by atoms with van der Waals surface area (Å²) in [5.41, 5.74) is 4.40. The van der Waals surface area contributed by atoms with E-state index in [1.807, 2.05) is 24.3 Å². The molecule has 0 saturated heterocycles. The normalized spacial score (nSPS) is 11.9. The summed E-state index contributed by atoms with van der Waals surface area (Å²) >= 11 is 0. The number of carbonyl (C=O) groups excluding carboxylic acids is 1. The molecule has 2 aromatic carbocycles. The van der Waals surface area contributed by atoms with Gasteiger partial charge in [0.2, 0.25) is 10.0 Å². The van der Waals surface area contributed by atoms with Crippen LogP contribution in [0.15, 0.2) is 58.5 Å². The predicted octanol–water partition coefficient (Wildman–Crippen LogP) is 2.59. The molecule has 1 N–H and O–H groups in total. The second-order valence-corrected chi connectivity index (χ2v) is 8.60. The molecule has 0 aromatic heterocycles. The Morgan fingerprint density at radius 3 is 2.29 bits per heavy atom. The number of nitrogens with one attached hydrogen (secondary N) is 1. The van der Waals surface area contributed by atoms with Gasteiger partial charge in [-0.1, -0.05) is 38.1 Å². The van der Waals surface area contributed by atoms with Gasteiger partial charge in [0.05, 0.1) is 24.8 Å². The Labute approximate surface area is 166 Å². The van der Waals surface area contributed by atoms with Crippen LogP contribution in [-0.2, 0) is 14.8 Å². The molecule has 0 aliphatic heterocycles. The first-order valence-electron chi connectivity index (χ1n) is 8.76. The van der Waals surface area contributed by atoms with Crippen LogP contribution in [-0.4, -0.2) is 45.5 Å². The quantitative estimate of drug-likeness (QED) is 0.542. The number of sulfonamides is 1. The molecule has 0 atom stereocenters. The van der Waals surface area contributed by atoms with Gasteiger partial charge in [-0.2, -0.15) is 9.41 Å². The molecule has 0 unspecified atom stereocenters. The van der Waals surface area contributed by atoms with Crippen molar-refractivity contribution in [2.75, 3.05) is 20.7 Å². The molecule has 7 nitrogen and oxygen atoms in total. The maximum Gasteiger partial charge on any atom is 0.255 e. The number of hydrazone groups is 1. The van der Waals surface area contributed by atoms with Gasteiger partial charge in [0.1, 0.15) is 5.75 Å². The Kier molecular flexibility index (Phi) is 7.31. The van der Waals surface area contributed by atoms with E-state index in [2.05, 4.69) is 24.4 Å². The molecule has 0 spiro atoms. The summed E-state index contributed by atoms with van der Waals surface area (Å²) in [7, 11) is -0.944. The molecule has 2 rings (SSSR count). The second kappa shape index (κ2) is 9.48. The van der Waals surface area contributed by atoms with Gasteiger partial charge in [0.25, 0.3) is 5.91 Å². The molecule has 0 saturated carbocycles. The molecule has 0 fully saturated rings. The molecule has 0 radical (unpaired) electrons. The standard InChI is InChI=1S/C20H25N3O4S/c1-15(2)17-7-5-16(6-8-17)13-21-22-20(24)14-23(3)28(25,26)19-11-9-18(27-4)10-12-19/h5-13,15H,14H2,1-4H3,(H,22,24)/b21-13-. The molecular formula is C20H25N3O4S. The highest BCUT2D eigenvalue weighted by Gasteiger charge is 2.22. The molecule has 2 aromatic rings. The zero-order valence-electron chi connectivity index (χ0n) is 16.4. The van der Waals surface area contributed by atoms with E-state index in [4.69, 9.17) is 4.74 Å². The SMILES string of the molecule is COc1ccc(S(=O)(=O)N(C)CC(=O)N/N=C\c2ccc(C(C)C)cc2)cc1. The Balaban J connectivity index is 1.93. The van der Waals surface area contributed by atoms with Gasteiger partial charge in [0, 0.05) is 7.05 Å². The Hall–Kier alpha value is -2.71. The lowest BCUT2D eigenvalue weighted by Gasteiger charge is -2.16. The molecule has 1 amide bonds. The average molecular weight is 404 g/mol. The number of benzene rings is 2. The lowest BCUT2D eigenvalue weighted by atomic mass is 10.0. The number of nitrogens with zero attached hydrogens (tertiary/aromatic N) is 2. The fourth-order valence-corrected chi connectivity index (χ4v) is 3.52. The lowest BCUT2D eigenvalue weighted by molar-refractivity contribution is -0.121. The van der Waals surface area contributed by atoms with Gasteiger partial charge < -0.3 is 4.74 Å². The number of amides is 1. The topological polar surface area (TPSA) is 88.1 Å². The molecule has 0 aliphatic rings. The number of rotatable bonds is 8. The largest absolute Gasteiger partial charge is 0.497 e. The number of methoxy groups -OCH3 is 1. The summed E-state index contributed by atoms with van der Waals surface area (Å²) in [6.07, 6.45) is 1.51. The number of likely N-dealkylation sites (N-methyl/N-ethyl adjacent to an activating group) is 1. The van der Waals surface area contributed by atoms with Crippen molar-refractivity contribution >= 4 is 22.1 Å². The van der Waals surface area contributed by atoms with Crippen LogP contribution in [0, 0.1) is 0 Å². The summed E-state index contributed by atoms with van der Waals surface area (Å²) in [6.45, 7) is 3.87. The Bertz CT molecular complexity index is 921. The minimum Gasteiger partial charge on any atom is -0.497 e. The van der Waals surface area contributed by atoms with Gasteiger partial charge in [-0.15, -0.1) is 0 Å². The van der Waals surface area contributed by atoms with E-state index >= 15 is 0 Å². The zero-order valence-corrected chi connectivity index (χ0v) is 17.2. The zero-order chi connectivity index (χ0) is 20.7. The van der Waals surface area contributed by atoms with Gasteiger partial charge in [-0.05, 0) is 41.3 Å². The van der Waals surface area contributed by atoms with E-state index in [9.17, 15) is 13.2 Å².